The lowest BCUT2D eigenvalue weighted by Gasteiger charge is -2.28. The summed E-state index contributed by atoms with van der Waals surface area (Å²) in [5.74, 6) is -0.378. The maximum atomic E-state index is 11.9. The van der Waals surface area contributed by atoms with E-state index in [2.05, 4.69) is 25.2 Å². The predicted octanol–water partition coefficient (Wildman–Crippen LogP) is 0.735. The molecule has 0 saturated heterocycles. The fraction of sp³-hybridized carbons (Fsp3) is 0.429. The summed E-state index contributed by atoms with van der Waals surface area (Å²) in [7, 11) is 0. The van der Waals surface area contributed by atoms with Crippen molar-refractivity contribution >= 4 is 28.8 Å². The fourth-order valence-electron chi connectivity index (χ4n) is 2.45. The lowest BCUT2D eigenvalue weighted by Crippen LogP contribution is -2.42. The molecule has 9 heteroatoms. The summed E-state index contributed by atoms with van der Waals surface area (Å²) in [4.78, 5) is 27.2. The highest BCUT2D eigenvalue weighted by atomic mass is 35.5. The molecule has 1 amide bonds. The lowest BCUT2D eigenvalue weighted by molar-refractivity contribution is 0.0839. The molecular formula is C14H16ClN5O2S. The normalized spacial score (nSPS) is 15.9. The van der Waals surface area contributed by atoms with Gasteiger partial charge in [-0.3, -0.25) is 9.69 Å². The summed E-state index contributed by atoms with van der Waals surface area (Å²) in [6.45, 7) is 2.32. The van der Waals surface area contributed by atoms with Crippen molar-refractivity contribution in [1.29, 1.82) is 0 Å². The van der Waals surface area contributed by atoms with Crippen LogP contribution < -0.4 is 5.32 Å². The van der Waals surface area contributed by atoms with Crippen LogP contribution in [0.25, 0.3) is 0 Å². The molecule has 0 unspecified atom stereocenters. The molecule has 2 aromatic rings. The number of hydrogen-bond donors (Lipinski definition) is 2. The Hall–Kier alpha value is -1.61. The van der Waals surface area contributed by atoms with E-state index >= 15 is 0 Å². The van der Waals surface area contributed by atoms with Crippen LogP contribution in [0.15, 0.2) is 17.9 Å². The molecule has 1 aliphatic rings. The first kappa shape index (κ1) is 16.3. The zero-order chi connectivity index (χ0) is 16.2. The number of aliphatic hydroxyl groups excluding tert-OH is 1. The zero-order valence-electron chi connectivity index (χ0n) is 12.3. The van der Waals surface area contributed by atoms with Crippen LogP contribution >= 0.6 is 22.9 Å². The van der Waals surface area contributed by atoms with Crippen LogP contribution in [0.1, 0.15) is 21.1 Å². The van der Waals surface area contributed by atoms with Gasteiger partial charge in [0.1, 0.15) is 17.2 Å². The van der Waals surface area contributed by atoms with Gasteiger partial charge >= 0.3 is 0 Å². The first-order chi connectivity index (χ1) is 11.1. The molecule has 0 aromatic carbocycles. The molecular weight excluding hydrogens is 338 g/mol. The monoisotopic (exact) mass is 353 g/mol. The van der Waals surface area contributed by atoms with E-state index in [0.29, 0.717) is 6.54 Å². The van der Waals surface area contributed by atoms with Crippen LogP contribution in [0.4, 0.5) is 0 Å². The minimum Gasteiger partial charge on any atom is -0.390 e. The molecule has 122 valence electrons. The van der Waals surface area contributed by atoms with E-state index < -0.39 is 6.10 Å². The van der Waals surface area contributed by atoms with Crippen molar-refractivity contribution in [3.8, 4) is 0 Å². The van der Waals surface area contributed by atoms with Gasteiger partial charge in [0.2, 0.25) is 0 Å². The van der Waals surface area contributed by atoms with E-state index in [1.807, 2.05) is 5.51 Å². The number of fused-ring (bicyclic) bond motifs is 1. The molecule has 1 aliphatic heterocycles. The predicted molar refractivity (Wildman–Crippen MR) is 86.5 cm³/mol. The Balaban J connectivity index is 1.47. The SMILES string of the molecule is O=C(NC[C@H](O)CN1CCc2ncsc2C1)c1cc(Cl)ncn1. The van der Waals surface area contributed by atoms with Crippen LogP contribution in [0, 0.1) is 0 Å². The summed E-state index contributed by atoms with van der Waals surface area (Å²) in [6, 6.07) is 1.39. The second kappa shape index (κ2) is 7.31. The largest absolute Gasteiger partial charge is 0.390 e. The van der Waals surface area contributed by atoms with E-state index in [1.165, 1.54) is 17.3 Å². The van der Waals surface area contributed by atoms with Crippen LogP contribution in [0.2, 0.25) is 5.15 Å². The minimum atomic E-state index is -0.647. The third-order valence-corrected chi connectivity index (χ3v) is 4.66. The Morgan fingerprint density at radius 1 is 1.48 bits per heavy atom. The van der Waals surface area contributed by atoms with Gasteiger partial charge in [0.05, 0.1) is 17.3 Å². The van der Waals surface area contributed by atoms with Gasteiger partial charge in [-0.05, 0) is 0 Å². The van der Waals surface area contributed by atoms with E-state index in [0.717, 1.165) is 25.2 Å². The number of nitrogens with zero attached hydrogens (tertiary/aromatic N) is 4. The van der Waals surface area contributed by atoms with E-state index in [9.17, 15) is 9.90 Å². The Morgan fingerprint density at radius 2 is 2.35 bits per heavy atom. The number of nitrogens with one attached hydrogen (secondary N) is 1. The van der Waals surface area contributed by atoms with Crippen molar-refractivity contribution in [2.75, 3.05) is 19.6 Å². The molecule has 3 rings (SSSR count). The third-order valence-electron chi connectivity index (χ3n) is 3.59. The molecule has 3 heterocycles. The van der Waals surface area contributed by atoms with Gasteiger partial charge in [0.15, 0.2) is 0 Å². The van der Waals surface area contributed by atoms with Crippen molar-refractivity contribution in [1.82, 2.24) is 25.2 Å². The molecule has 0 saturated carbocycles. The summed E-state index contributed by atoms with van der Waals surface area (Å²) in [6.07, 6.45) is 1.48. The number of carbonyl (C=O) groups is 1. The number of thiazole rings is 1. The number of β-amino-alcohol motifs (C(OH)–C–C–N with tert-alkyl or cyclic N) is 1. The highest BCUT2D eigenvalue weighted by Crippen LogP contribution is 2.21. The fourth-order valence-corrected chi connectivity index (χ4v) is 3.45. The van der Waals surface area contributed by atoms with Crippen LogP contribution in [-0.2, 0) is 13.0 Å². The van der Waals surface area contributed by atoms with E-state index in [-0.39, 0.29) is 23.3 Å². The second-order valence-corrected chi connectivity index (χ2v) is 6.62. The maximum absolute atomic E-state index is 11.9. The number of hydrogen-bond acceptors (Lipinski definition) is 7. The Morgan fingerprint density at radius 3 is 3.17 bits per heavy atom. The van der Waals surface area contributed by atoms with Crippen molar-refractivity contribution < 1.29 is 9.90 Å². The van der Waals surface area contributed by atoms with Gasteiger partial charge in [-0.15, -0.1) is 11.3 Å². The summed E-state index contributed by atoms with van der Waals surface area (Å²) in [5.41, 5.74) is 3.21. The molecule has 0 spiro atoms. The molecule has 0 aliphatic carbocycles. The second-order valence-electron chi connectivity index (χ2n) is 5.30. The quantitative estimate of drug-likeness (QED) is 0.770. The van der Waals surface area contributed by atoms with Gasteiger partial charge in [0, 0.05) is 43.5 Å². The summed E-state index contributed by atoms with van der Waals surface area (Å²) < 4.78 is 0. The van der Waals surface area contributed by atoms with Crippen LogP contribution in [0.5, 0.6) is 0 Å². The summed E-state index contributed by atoms with van der Waals surface area (Å²) >= 11 is 7.36. The van der Waals surface area contributed by atoms with Gasteiger partial charge in [-0.1, -0.05) is 11.6 Å². The third kappa shape index (κ3) is 4.23. The number of halogens is 1. The Kier molecular flexibility index (Phi) is 5.16. The molecule has 2 N–H and O–H groups in total. The molecule has 1 atom stereocenters. The Bertz CT molecular complexity index is 695. The average molecular weight is 354 g/mol. The van der Waals surface area contributed by atoms with Gasteiger partial charge in [-0.2, -0.15) is 0 Å². The van der Waals surface area contributed by atoms with Gasteiger partial charge in [0.25, 0.3) is 5.91 Å². The highest BCUT2D eigenvalue weighted by molar-refractivity contribution is 7.09. The number of carbonyl (C=O) groups excluding carboxylic acids is 1. The standard InChI is InChI=1S/C14H16ClN5O2S/c15-13-3-11(17-7-18-13)14(22)16-4-9(21)5-20-2-1-10-12(6-20)23-8-19-10/h3,7-9,21H,1-2,4-6H2,(H,16,22)/t9-/m0/s1. The number of rotatable bonds is 5. The minimum absolute atomic E-state index is 0.159. The topological polar surface area (TPSA) is 91.2 Å². The van der Waals surface area contributed by atoms with Crippen molar-refractivity contribution in [3.63, 3.8) is 0 Å². The molecule has 2 aromatic heterocycles. The van der Waals surface area contributed by atoms with Crippen molar-refractivity contribution in [2.24, 2.45) is 0 Å². The molecule has 0 bridgehead atoms. The number of aromatic nitrogens is 3. The van der Waals surface area contributed by atoms with Gasteiger partial charge < -0.3 is 10.4 Å². The van der Waals surface area contributed by atoms with Crippen molar-refractivity contribution in [3.05, 3.63) is 39.3 Å². The van der Waals surface area contributed by atoms with Crippen LogP contribution in [0.3, 0.4) is 0 Å². The molecule has 7 nitrogen and oxygen atoms in total. The number of amides is 1. The van der Waals surface area contributed by atoms with Crippen LogP contribution in [-0.4, -0.2) is 56.6 Å². The van der Waals surface area contributed by atoms with Crippen molar-refractivity contribution in [2.45, 2.75) is 19.1 Å². The van der Waals surface area contributed by atoms with E-state index in [4.69, 9.17) is 11.6 Å². The molecule has 23 heavy (non-hydrogen) atoms. The average Bonchev–Trinajstić information content (AvgIpc) is 3.00. The number of aliphatic hydroxyl groups is 1. The smallest absolute Gasteiger partial charge is 0.270 e. The Labute approximate surface area is 142 Å². The first-order valence-electron chi connectivity index (χ1n) is 7.19. The summed E-state index contributed by atoms with van der Waals surface area (Å²) in [5, 5.41) is 13.0. The van der Waals surface area contributed by atoms with E-state index in [1.54, 1.807) is 11.3 Å². The lowest BCUT2D eigenvalue weighted by atomic mass is 10.1. The first-order valence-corrected chi connectivity index (χ1v) is 8.45. The highest BCUT2D eigenvalue weighted by Gasteiger charge is 2.21. The van der Waals surface area contributed by atoms with Gasteiger partial charge in [-0.25, -0.2) is 15.0 Å². The zero-order valence-corrected chi connectivity index (χ0v) is 13.8. The maximum Gasteiger partial charge on any atom is 0.270 e. The molecule has 0 fully saturated rings. The molecule has 0 radical (unpaired) electrons.